The Labute approximate surface area is 118 Å². The van der Waals surface area contributed by atoms with Gasteiger partial charge in [-0.3, -0.25) is 4.79 Å². The molecule has 1 rings (SSSR count). The molecule has 19 heavy (non-hydrogen) atoms. The minimum absolute atomic E-state index is 0.0492. The van der Waals surface area contributed by atoms with E-state index in [2.05, 4.69) is 5.32 Å². The molecule has 1 atom stereocenters. The first-order valence-corrected chi connectivity index (χ1v) is 6.75. The molecule has 0 radical (unpaired) electrons. The van der Waals surface area contributed by atoms with E-state index in [-0.39, 0.29) is 18.4 Å². The highest BCUT2D eigenvalue weighted by molar-refractivity contribution is 6.30. The Morgan fingerprint density at radius 1 is 1.53 bits per heavy atom. The summed E-state index contributed by atoms with van der Waals surface area (Å²) in [5.41, 5.74) is 0. The Balaban J connectivity index is 2.17. The fourth-order valence-corrected chi connectivity index (χ4v) is 1.70. The van der Waals surface area contributed by atoms with Crippen molar-refractivity contribution in [2.75, 3.05) is 19.8 Å². The van der Waals surface area contributed by atoms with Crippen LogP contribution in [-0.2, 0) is 4.79 Å². The number of ether oxygens (including phenoxy) is 1. The van der Waals surface area contributed by atoms with Crippen LogP contribution in [0.1, 0.15) is 19.8 Å². The Morgan fingerprint density at radius 2 is 2.32 bits per heavy atom. The largest absolute Gasteiger partial charge is 0.493 e. The van der Waals surface area contributed by atoms with E-state index in [4.69, 9.17) is 21.4 Å². The predicted octanol–water partition coefficient (Wildman–Crippen LogP) is 2.24. The van der Waals surface area contributed by atoms with Crippen LogP contribution in [-0.4, -0.2) is 30.8 Å². The molecule has 1 aromatic carbocycles. The molecule has 0 aromatic heterocycles. The second-order valence-electron chi connectivity index (χ2n) is 4.48. The third-order valence-electron chi connectivity index (χ3n) is 2.66. The maximum atomic E-state index is 11.5. The number of carbonyl (C=O) groups excluding carboxylic acids is 1. The van der Waals surface area contributed by atoms with E-state index in [1.54, 1.807) is 24.3 Å². The summed E-state index contributed by atoms with van der Waals surface area (Å²) in [7, 11) is 0. The van der Waals surface area contributed by atoms with Gasteiger partial charge < -0.3 is 15.2 Å². The lowest BCUT2D eigenvalue weighted by Crippen LogP contribution is -2.29. The first-order chi connectivity index (χ1) is 9.11. The third-order valence-corrected chi connectivity index (χ3v) is 2.90. The van der Waals surface area contributed by atoms with Crippen molar-refractivity contribution in [3.8, 4) is 5.75 Å². The smallest absolute Gasteiger partial charge is 0.223 e. The summed E-state index contributed by atoms with van der Waals surface area (Å²) < 4.78 is 5.43. The molecule has 0 saturated carbocycles. The van der Waals surface area contributed by atoms with E-state index < -0.39 is 0 Å². The van der Waals surface area contributed by atoms with Crippen molar-refractivity contribution in [2.45, 2.75) is 19.8 Å². The summed E-state index contributed by atoms with van der Waals surface area (Å²) in [4.78, 5) is 11.5. The van der Waals surface area contributed by atoms with Crippen LogP contribution in [0, 0.1) is 5.92 Å². The second kappa shape index (κ2) is 8.77. The van der Waals surface area contributed by atoms with Gasteiger partial charge >= 0.3 is 0 Å². The highest BCUT2D eigenvalue weighted by atomic mass is 35.5. The number of nitrogens with one attached hydrogen (secondary N) is 1. The first kappa shape index (κ1) is 15.8. The molecular formula is C14H20ClNO3. The number of halogens is 1. The van der Waals surface area contributed by atoms with E-state index in [1.807, 2.05) is 6.92 Å². The van der Waals surface area contributed by atoms with E-state index in [1.165, 1.54) is 0 Å². The monoisotopic (exact) mass is 285 g/mol. The number of benzene rings is 1. The van der Waals surface area contributed by atoms with Crippen molar-refractivity contribution in [3.63, 3.8) is 0 Å². The van der Waals surface area contributed by atoms with Gasteiger partial charge in [0.05, 0.1) is 13.0 Å². The number of aliphatic hydroxyl groups is 1. The quantitative estimate of drug-likeness (QED) is 0.770. The van der Waals surface area contributed by atoms with Gasteiger partial charge in [-0.05, 0) is 30.5 Å². The van der Waals surface area contributed by atoms with Gasteiger partial charge in [0.15, 0.2) is 0 Å². The molecule has 106 valence electrons. The zero-order valence-corrected chi connectivity index (χ0v) is 11.8. The number of aliphatic hydroxyl groups excluding tert-OH is 1. The molecule has 0 aliphatic rings. The fourth-order valence-electron chi connectivity index (χ4n) is 1.52. The van der Waals surface area contributed by atoms with Crippen molar-refractivity contribution >= 4 is 17.5 Å². The average molecular weight is 286 g/mol. The molecule has 1 unspecified atom stereocenters. The summed E-state index contributed by atoms with van der Waals surface area (Å²) in [5.74, 6) is 0.892. The molecule has 4 nitrogen and oxygen atoms in total. The van der Waals surface area contributed by atoms with Gasteiger partial charge in [-0.1, -0.05) is 24.6 Å². The van der Waals surface area contributed by atoms with Gasteiger partial charge in [0.25, 0.3) is 0 Å². The van der Waals surface area contributed by atoms with Gasteiger partial charge in [0.1, 0.15) is 5.75 Å². The highest BCUT2D eigenvalue weighted by Crippen LogP contribution is 2.17. The van der Waals surface area contributed by atoms with Crippen LogP contribution in [0.3, 0.4) is 0 Å². The van der Waals surface area contributed by atoms with Crippen LogP contribution < -0.4 is 10.1 Å². The van der Waals surface area contributed by atoms with Crippen molar-refractivity contribution in [2.24, 2.45) is 5.92 Å². The topological polar surface area (TPSA) is 58.6 Å². The summed E-state index contributed by atoms with van der Waals surface area (Å²) in [6, 6.07) is 7.08. The standard InChI is InChI=1S/C14H20ClNO3/c1-11(5-7-17)10-16-14(18)6-8-19-13-4-2-3-12(15)9-13/h2-4,9,11,17H,5-8,10H2,1H3,(H,16,18). The third kappa shape index (κ3) is 7.03. The molecule has 0 bridgehead atoms. The Bertz CT molecular complexity index is 398. The van der Waals surface area contributed by atoms with Crippen LogP contribution in [0.4, 0.5) is 0 Å². The lowest BCUT2D eigenvalue weighted by molar-refractivity contribution is -0.121. The van der Waals surface area contributed by atoms with E-state index >= 15 is 0 Å². The molecule has 2 N–H and O–H groups in total. The number of rotatable bonds is 8. The molecule has 5 heteroatoms. The molecular weight excluding hydrogens is 266 g/mol. The van der Waals surface area contributed by atoms with Gasteiger partial charge in [-0.2, -0.15) is 0 Å². The van der Waals surface area contributed by atoms with Crippen LogP contribution >= 0.6 is 11.6 Å². The number of carbonyl (C=O) groups is 1. The summed E-state index contributed by atoms with van der Waals surface area (Å²) in [6.07, 6.45) is 0.998. The molecule has 1 aromatic rings. The second-order valence-corrected chi connectivity index (χ2v) is 4.91. The lowest BCUT2D eigenvalue weighted by Gasteiger charge is -2.11. The van der Waals surface area contributed by atoms with Gasteiger partial charge in [0.2, 0.25) is 5.91 Å². The zero-order chi connectivity index (χ0) is 14.1. The minimum atomic E-state index is -0.0492. The molecule has 0 heterocycles. The molecule has 0 spiro atoms. The van der Waals surface area contributed by atoms with Gasteiger partial charge in [-0.25, -0.2) is 0 Å². The maximum absolute atomic E-state index is 11.5. The Morgan fingerprint density at radius 3 is 3.00 bits per heavy atom. The zero-order valence-electron chi connectivity index (χ0n) is 11.1. The van der Waals surface area contributed by atoms with Crippen molar-refractivity contribution in [1.82, 2.24) is 5.32 Å². The van der Waals surface area contributed by atoms with Crippen molar-refractivity contribution < 1.29 is 14.6 Å². The average Bonchev–Trinajstić information content (AvgIpc) is 2.37. The minimum Gasteiger partial charge on any atom is -0.493 e. The molecule has 0 aliphatic heterocycles. The Kier molecular flexibility index (Phi) is 7.30. The summed E-state index contributed by atoms with van der Waals surface area (Å²) in [6.45, 7) is 3.03. The maximum Gasteiger partial charge on any atom is 0.223 e. The van der Waals surface area contributed by atoms with Gasteiger partial charge in [-0.15, -0.1) is 0 Å². The first-order valence-electron chi connectivity index (χ1n) is 6.37. The van der Waals surface area contributed by atoms with E-state index in [0.717, 1.165) is 0 Å². The van der Waals surface area contributed by atoms with Crippen molar-refractivity contribution in [3.05, 3.63) is 29.3 Å². The van der Waals surface area contributed by atoms with E-state index in [0.29, 0.717) is 36.8 Å². The molecule has 0 saturated heterocycles. The fraction of sp³-hybridized carbons (Fsp3) is 0.500. The van der Waals surface area contributed by atoms with Crippen LogP contribution in [0.25, 0.3) is 0 Å². The summed E-state index contributed by atoms with van der Waals surface area (Å²) >= 11 is 5.82. The molecule has 1 amide bonds. The number of amides is 1. The SMILES string of the molecule is CC(CCO)CNC(=O)CCOc1cccc(Cl)c1. The number of hydrogen-bond acceptors (Lipinski definition) is 3. The van der Waals surface area contributed by atoms with Gasteiger partial charge in [0, 0.05) is 18.2 Å². The van der Waals surface area contributed by atoms with E-state index in [9.17, 15) is 4.79 Å². The normalized spacial score (nSPS) is 11.9. The van der Waals surface area contributed by atoms with Crippen LogP contribution in [0.2, 0.25) is 5.02 Å². The highest BCUT2D eigenvalue weighted by Gasteiger charge is 2.05. The van der Waals surface area contributed by atoms with Crippen LogP contribution in [0.5, 0.6) is 5.75 Å². The molecule has 0 fully saturated rings. The van der Waals surface area contributed by atoms with Crippen molar-refractivity contribution in [1.29, 1.82) is 0 Å². The van der Waals surface area contributed by atoms with Crippen LogP contribution in [0.15, 0.2) is 24.3 Å². The number of hydrogen-bond donors (Lipinski definition) is 2. The predicted molar refractivity (Wildman–Crippen MR) is 75.4 cm³/mol. The summed E-state index contributed by atoms with van der Waals surface area (Å²) in [5, 5.41) is 12.2. The molecule has 0 aliphatic carbocycles. The lowest BCUT2D eigenvalue weighted by atomic mass is 10.1. The Hall–Kier alpha value is -1.26.